The van der Waals surface area contributed by atoms with Crippen molar-refractivity contribution in [2.75, 3.05) is 18.4 Å². The van der Waals surface area contributed by atoms with E-state index in [4.69, 9.17) is 0 Å². The Morgan fingerprint density at radius 2 is 2.04 bits per heavy atom. The van der Waals surface area contributed by atoms with Crippen molar-refractivity contribution in [2.45, 2.75) is 32.7 Å². The van der Waals surface area contributed by atoms with Crippen LogP contribution < -0.4 is 16.0 Å². The van der Waals surface area contributed by atoms with Crippen molar-refractivity contribution in [3.8, 4) is 0 Å². The maximum absolute atomic E-state index is 12.3. The van der Waals surface area contributed by atoms with E-state index in [1.54, 1.807) is 0 Å². The molecule has 0 bridgehead atoms. The average Bonchev–Trinajstić information content (AvgIpc) is 3.18. The van der Waals surface area contributed by atoms with E-state index in [9.17, 15) is 9.59 Å². The summed E-state index contributed by atoms with van der Waals surface area (Å²) in [6.45, 7) is 4.06. The van der Waals surface area contributed by atoms with E-state index in [-0.39, 0.29) is 35.6 Å². The molecule has 5 nitrogen and oxygen atoms in total. The molecule has 1 unspecified atom stereocenters. The van der Waals surface area contributed by atoms with Gasteiger partial charge in [-0.05, 0) is 55.5 Å². The number of carbonyl (C=O) groups is 2. The molecule has 1 saturated heterocycles. The molecule has 1 atom stereocenters. The van der Waals surface area contributed by atoms with Crippen LogP contribution in [0.5, 0.6) is 0 Å². The standard InChI is InChI=1S/C17H23N3O2.ClH/c1-12(21)20-14-4-2-3-13(9-14)11-19-16(22)15-10-17(15)5-7-18-8-6-17;/h2-4,9,15,18H,5-8,10-11H2,1H3,(H,19,22)(H,20,21);1H. The molecule has 1 aliphatic carbocycles. The van der Waals surface area contributed by atoms with Gasteiger partial charge < -0.3 is 16.0 Å². The summed E-state index contributed by atoms with van der Waals surface area (Å²) >= 11 is 0. The van der Waals surface area contributed by atoms with Gasteiger partial charge in [0.05, 0.1) is 0 Å². The highest BCUT2D eigenvalue weighted by atomic mass is 35.5. The Labute approximate surface area is 143 Å². The smallest absolute Gasteiger partial charge is 0.223 e. The summed E-state index contributed by atoms with van der Waals surface area (Å²) in [5, 5.41) is 9.15. The van der Waals surface area contributed by atoms with Crippen LogP contribution in [0.25, 0.3) is 0 Å². The fourth-order valence-electron chi connectivity index (χ4n) is 3.47. The second kappa shape index (κ2) is 7.32. The van der Waals surface area contributed by atoms with Crippen LogP contribution in [0.1, 0.15) is 31.7 Å². The van der Waals surface area contributed by atoms with Crippen molar-refractivity contribution in [1.82, 2.24) is 10.6 Å². The number of rotatable bonds is 4. The van der Waals surface area contributed by atoms with E-state index in [1.807, 2.05) is 24.3 Å². The quantitative estimate of drug-likeness (QED) is 0.787. The highest BCUT2D eigenvalue weighted by molar-refractivity contribution is 5.88. The topological polar surface area (TPSA) is 70.2 Å². The lowest BCUT2D eigenvalue weighted by molar-refractivity contribution is -0.123. The first-order chi connectivity index (χ1) is 10.6. The first-order valence-corrected chi connectivity index (χ1v) is 7.94. The normalized spacial score (nSPS) is 21.2. The Bertz CT molecular complexity index is 585. The van der Waals surface area contributed by atoms with Gasteiger partial charge in [-0.15, -0.1) is 12.4 Å². The van der Waals surface area contributed by atoms with E-state index in [1.165, 1.54) is 6.92 Å². The highest BCUT2D eigenvalue weighted by Gasteiger charge is 2.57. The molecule has 1 aromatic carbocycles. The van der Waals surface area contributed by atoms with Crippen LogP contribution in [-0.2, 0) is 16.1 Å². The van der Waals surface area contributed by atoms with Gasteiger partial charge in [0.25, 0.3) is 0 Å². The van der Waals surface area contributed by atoms with Crippen LogP contribution in [0.2, 0.25) is 0 Å². The van der Waals surface area contributed by atoms with Gasteiger partial charge >= 0.3 is 0 Å². The van der Waals surface area contributed by atoms with Crippen molar-refractivity contribution in [1.29, 1.82) is 0 Å². The summed E-state index contributed by atoms with van der Waals surface area (Å²) in [4.78, 5) is 23.4. The number of nitrogens with one attached hydrogen (secondary N) is 3. The van der Waals surface area contributed by atoms with Crippen molar-refractivity contribution in [3.05, 3.63) is 29.8 Å². The fourth-order valence-corrected chi connectivity index (χ4v) is 3.47. The van der Waals surface area contributed by atoms with Gasteiger partial charge in [-0.25, -0.2) is 0 Å². The van der Waals surface area contributed by atoms with Crippen LogP contribution in [0.4, 0.5) is 5.69 Å². The Balaban J connectivity index is 0.00000192. The van der Waals surface area contributed by atoms with Gasteiger partial charge in [0.1, 0.15) is 0 Å². The molecule has 126 valence electrons. The van der Waals surface area contributed by atoms with E-state index in [0.717, 1.165) is 43.6 Å². The summed E-state index contributed by atoms with van der Waals surface area (Å²) in [5.41, 5.74) is 2.04. The molecule has 1 saturated carbocycles. The Hall–Kier alpha value is -1.59. The first kappa shape index (κ1) is 17.8. The van der Waals surface area contributed by atoms with Gasteiger partial charge in [-0.1, -0.05) is 12.1 Å². The predicted molar refractivity (Wildman–Crippen MR) is 92.5 cm³/mol. The lowest BCUT2D eigenvalue weighted by atomic mass is 9.92. The van der Waals surface area contributed by atoms with E-state index in [0.29, 0.717) is 6.54 Å². The minimum Gasteiger partial charge on any atom is -0.352 e. The Morgan fingerprint density at radius 1 is 1.30 bits per heavy atom. The molecule has 2 amide bonds. The van der Waals surface area contributed by atoms with Gasteiger partial charge in [-0.3, -0.25) is 9.59 Å². The fraction of sp³-hybridized carbons (Fsp3) is 0.529. The average molecular weight is 338 g/mol. The molecule has 3 rings (SSSR count). The summed E-state index contributed by atoms with van der Waals surface area (Å²) in [6, 6.07) is 7.59. The molecule has 3 N–H and O–H groups in total. The molecule has 0 aromatic heterocycles. The number of amides is 2. The third-order valence-electron chi connectivity index (χ3n) is 4.82. The van der Waals surface area contributed by atoms with Gasteiger partial charge in [0.2, 0.25) is 11.8 Å². The number of carbonyl (C=O) groups excluding carboxylic acids is 2. The first-order valence-electron chi connectivity index (χ1n) is 7.94. The van der Waals surface area contributed by atoms with Gasteiger partial charge in [-0.2, -0.15) is 0 Å². The van der Waals surface area contributed by atoms with E-state index < -0.39 is 0 Å². The molecule has 1 spiro atoms. The summed E-state index contributed by atoms with van der Waals surface area (Å²) in [6.07, 6.45) is 3.26. The summed E-state index contributed by atoms with van der Waals surface area (Å²) in [5.74, 6) is 0.270. The van der Waals surface area contributed by atoms with Crippen LogP contribution in [0.15, 0.2) is 24.3 Å². The molecular formula is C17H24ClN3O2. The van der Waals surface area contributed by atoms with Crippen LogP contribution in [0, 0.1) is 11.3 Å². The van der Waals surface area contributed by atoms with Gasteiger partial charge in [0, 0.05) is 25.1 Å². The lowest BCUT2D eigenvalue weighted by Crippen LogP contribution is -2.33. The number of anilines is 1. The lowest BCUT2D eigenvalue weighted by Gasteiger charge is -2.23. The molecule has 2 aliphatic rings. The second-order valence-corrected chi connectivity index (χ2v) is 6.47. The van der Waals surface area contributed by atoms with Crippen LogP contribution >= 0.6 is 12.4 Å². The highest BCUT2D eigenvalue weighted by Crippen LogP contribution is 2.58. The molecule has 23 heavy (non-hydrogen) atoms. The monoisotopic (exact) mass is 337 g/mol. The molecule has 1 aromatic rings. The predicted octanol–water partition coefficient (Wildman–Crippen LogP) is 2.07. The van der Waals surface area contributed by atoms with Crippen molar-refractivity contribution in [3.63, 3.8) is 0 Å². The van der Waals surface area contributed by atoms with Crippen molar-refractivity contribution >= 4 is 29.9 Å². The Morgan fingerprint density at radius 3 is 2.74 bits per heavy atom. The third-order valence-corrected chi connectivity index (χ3v) is 4.82. The Kier molecular flexibility index (Phi) is 5.65. The molecule has 1 heterocycles. The number of hydrogen-bond acceptors (Lipinski definition) is 3. The SMILES string of the molecule is CC(=O)Nc1cccc(CNC(=O)C2CC23CCNCC3)c1.Cl. The molecule has 6 heteroatoms. The zero-order chi connectivity index (χ0) is 15.6. The minimum atomic E-state index is -0.0907. The van der Waals surface area contributed by atoms with Crippen LogP contribution in [-0.4, -0.2) is 24.9 Å². The third kappa shape index (κ3) is 4.24. The summed E-state index contributed by atoms with van der Waals surface area (Å²) in [7, 11) is 0. The minimum absolute atomic E-state index is 0. The van der Waals surface area contributed by atoms with E-state index >= 15 is 0 Å². The number of benzene rings is 1. The maximum atomic E-state index is 12.3. The number of hydrogen-bond donors (Lipinski definition) is 3. The summed E-state index contributed by atoms with van der Waals surface area (Å²) < 4.78 is 0. The molecule has 0 radical (unpaired) electrons. The van der Waals surface area contributed by atoms with Crippen molar-refractivity contribution in [2.24, 2.45) is 11.3 Å². The second-order valence-electron chi connectivity index (χ2n) is 6.47. The van der Waals surface area contributed by atoms with Crippen molar-refractivity contribution < 1.29 is 9.59 Å². The molecular weight excluding hydrogens is 314 g/mol. The van der Waals surface area contributed by atoms with E-state index in [2.05, 4.69) is 16.0 Å². The zero-order valence-corrected chi connectivity index (χ0v) is 14.2. The molecule has 1 aliphatic heterocycles. The maximum Gasteiger partial charge on any atom is 0.223 e. The van der Waals surface area contributed by atoms with Gasteiger partial charge in [0.15, 0.2) is 0 Å². The number of halogens is 1. The zero-order valence-electron chi connectivity index (χ0n) is 13.4. The van der Waals surface area contributed by atoms with Crippen LogP contribution in [0.3, 0.4) is 0 Å². The molecule has 2 fully saturated rings. The largest absolute Gasteiger partial charge is 0.352 e. The number of piperidine rings is 1.